The first-order valence-corrected chi connectivity index (χ1v) is 8.97. The van der Waals surface area contributed by atoms with Gasteiger partial charge in [0.2, 0.25) is 6.79 Å². The summed E-state index contributed by atoms with van der Waals surface area (Å²) in [5.74, 6) is 2.43. The van der Waals surface area contributed by atoms with Crippen LogP contribution in [-0.4, -0.2) is 37.3 Å². The van der Waals surface area contributed by atoms with Crippen molar-refractivity contribution in [1.82, 2.24) is 0 Å². The number of hydrogen-bond acceptors (Lipinski definition) is 6. The van der Waals surface area contributed by atoms with Gasteiger partial charge in [0.15, 0.2) is 23.0 Å². The SMILES string of the molecule is COc1ccc2c(c1OC)C[N+]1([O-])CCc3cc4c(cc3[C@@H]1[C@@H]2O)OCO4. The third-order valence-corrected chi connectivity index (χ3v) is 5.95. The highest BCUT2D eigenvalue weighted by Crippen LogP contribution is 2.53. The van der Waals surface area contributed by atoms with Gasteiger partial charge in [-0.3, -0.25) is 0 Å². The van der Waals surface area contributed by atoms with Gasteiger partial charge >= 0.3 is 0 Å². The molecule has 5 rings (SSSR count). The third-order valence-electron chi connectivity index (χ3n) is 5.95. The summed E-state index contributed by atoms with van der Waals surface area (Å²) in [6, 6.07) is 6.80. The molecule has 142 valence electrons. The number of aliphatic hydroxyl groups excluding tert-OH is 1. The van der Waals surface area contributed by atoms with Crippen LogP contribution in [0.25, 0.3) is 0 Å². The van der Waals surface area contributed by atoms with Crippen LogP contribution in [0, 0.1) is 5.21 Å². The van der Waals surface area contributed by atoms with Gasteiger partial charge in [0.05, 0.1) is 26.3 Å². The van der Waals surface area contributed by atoms with Crippen molar-refractivity contribution in [1.29, 1.82) is 0 Å². The first kappa shape index (κ1) is 16.7. The molecule has 3 heterocycles. The van der Waals surface area contributed by atoms with Crippen molar-refractivity contribution in [2.24, 2.45) is 0 Å². The van der Waals surface area contributed by atoms with Gasteiger partial charge in [-0.2, -0.15) is 0 Å². The summed E-state index contributed by atoms with van der Waals surface area (Å²) in [7, 11) is 3.12. The Morgan fingerprint density at radius 3 is 2.63 bits per heavy atom. The molecule has 2 aromatic carbocycles. The Morgan fingerprint density at radius 1 is 1.11 bits per heavy atom. The highest BCUT2D eigenvalue weighted by molar-refractivity contribution is 5.55. The first-order valence-electron chi connectivity index (χ1n) is 8.97. The minimum atomic E-state index is -0.939. The van der Waals surface area contributed by atoms with Gasteiger partial charge in [0.25, 0.3) is 0 Å². The van der Waals surface area contributed by atoms with Crippen LogP contribution < -0.4 is 18.9 Å². The number of quaternary nitrogens is 1. The van der Waals surface area contributed by atoms with Gasteiger partial charge in [-0.05, 0) is 29.3 Å². The van der Waals surface area contributed by atoms with Crippen molar-refractivity contribution in [3.05, 3.63) is 51.7 Å². The van der Waals surface area contributed by atoms with Gasteiger partial charge in [-0.15, -0.1) is 0 Å². The van der Waals surface area contributed by atoms with Gasteiger partial charge in [-0.1, -0.05) is 6.07 Å². The van der Waals surface area contributed by atoms with Crippen molar-refractivity contribution >= 4 is 0 Å². The molecule has 1 unspecified atom stereocenters. The lowest BCUT2D eigenvalue weighted by Gasteiger charge is -2.56. The molecule has 1 N–H and O–H groups in total. The van der Waals surface area contributed by atoms with E-state index < -0.39 is 16.8 Å². The van der Waals surface area contributed by atoms with Gasteiger partial charge < -0.3 is 33.9 Å². The second-order valence-corrected chi connectivity index (χ2v) is 7.25. The molecule has 27 heavy (non-hydrogen) atoms. The molecule has 0 spiro atoms. The van der Waals surface area contributed by atoms with E-state index in [1.807, 2.05) is 18.2 Å². The topological polar surface area (TPSA) is 80.2 Å². The fourth-order valence-electron chi connectivity index (χ4n) is 4.68. The molecule has 0 amide bonds. The Labute approximate surface area is 156 Å². The lowest BCUT2D eigenvalue weighted by Crippen LogP contribution is -2.53. The quantitative estimate of drug-likeness (QED) is 0.646. The summed E-state index contributed by atoms with van der Waals surface area (Å²) in [6.45, 7) is 0.794. The van der Waals surface area contributed by atoms with Crippen LogP contribution >= 0.6 is 0 Å². The normalized spacial score (nSPS) is 27.4. The summed E-state index contributed by atoms with van der Waals surface area (Å²) in [4.78, 5) is 0. The minimum Gasteiger partial charge on any atom is -0.632 e. The molecule has 3 aliphatic heterocycles. The lowest BCUT2D eigenvalue weighted by molar-refractivity contribution is -0.933. The van der Waals surface area contributed by atoms with E-state index >= 15 is 0 Å². The molecule has 7 heteroatoms. The largest absolute Gasteiger partial charge is 0.632 e. The summed E-state index contributed by atoms with van der Waals surface area (Å²) >= 11 is 0. The number of hydrogen-bond donors (Lipinski definition) is 1. The molecule has 0 saturated heterocycles. The number of fused-ring (bicyclic) bond motifs is 5. The molecule has 0 aliphatic carbocycles. The van der Waals surface area contributed by atoms with E-state index in [1.54, 1.807) is 20.3 Å². The summed E-state index contributed by atoms with van der Waals surface area (Å²) in [5.41, 5.74) is 3.32. The minimum absolute atomic E-state index is 0.183. The van der Waals surface area contributed by atoms with E-state index in [-0.39, 0.29) is 13.3 Å². The van der Waals surface area contributed by atoms with Crippen LogP contribution in [0.4, 0.5) is 0 Å². The molecule has 0 radical (unpaired) electrons. The van der Waals surface area contributed by atoms with E-state index in [2.05, 4.69) is 0 Å². The highest BCUT2D eigenvalue weighted by Gasteiger charge is 2.48. The zero-order valence-corrected chi connectivity index (χ0v) is 15.2. The Balaban J connectivity index is 1.67. The Hall–Kier alpha value is -2.48. The van der Waals surface area contributed by atoms with Crippen LogP contribution in [0.15, 0.2) is 24.3 Å². The number of ether oxygens (including phenoxy) is 4. The van der Waals surface area contributed by atoms with E-state index in [9.17, 15) is 10.3 Å². The second kappa shape index (κ2) is 5.76. The molecule has 3 atom stereocenters. The summed E-state index contributed by atoms with van der Waals surface area (Å²) < 4.78 is 21.3. The monoisotopic (exact) mass is 371 g/mol. The standard InChI is InChI=1S/C20H21NO6/c1-24-15-4-3-12-14(20(15)25-2)9-21(23)6-5-11-7-16-17(27-10-26-16)8-13(11)18(21)19(12)22/h3-4,7-8,18-19,22H,5-6,9-10H2,1-2H3/t18-,19-,21?/m1/s1. The molecule has 2 aromatic rings. The van der Waals surface area contributed by atoms with Crippen LogP contribution in [0.5, 0.6) is 23.0 Å². The second-order valence-electron chi connectivity index (χ2n) is 7.25. The summed E-state index contributed by atoms with van der Waals surface area (Å²) in [5, 5.41) is 25.0. The van der Waals surface area contributed by atoms with Crippen molar-refractivity contribution in [2.45, 2.75) is 25.1 Å². The van der Waals surface area contributed by atoms with E-state index in [4.69, 9.17) is 18.9 Å². The van der Waals surface area contributed by atoms with Gasteiger partial charge in [-0.25, -0.2) is 0 Å². The molecule has 0 bridgehead atoms. The molecule has 7 nitrogen and oxygen atoms in total. The van der Waals surface area contributed by atoms with Crippen LogP contribution in [0.3, 0.4) is 0 Å². The maximum Gasteiger partial charge on any atom is 0.231 e. The molecular formula is C20H21NO6. The van der Waals surface area contributed by atoms with Crippen LogP contribution in [0.1, 0.15) is 34.4 Å². The number of rotatable bonds is 2. The maximum atomic E-state index is 13.8. The zero-order chi connectivity index (χ0) is 18.8. The van der Waals surface area contributed by atoms with Gasteiger partial charge in [0.1, 0.15) is 18.7 Å². The molecule has 0 fully saturated rings. The Bertz CT molecular complexity index is 929. The third kappa shape index (κ3) is 2.25. The van der Waals surface area contributed by atoms with E-state index in [1.165, 1.54) is 0 Å². The number of methoxy groups -OCH3 is 2. The fourth-order valence-corrected chi connectivity index (χ4v) is 4.68. The Kier molecular flexibility index (Phi) is 3.56. The molecule has 3 aliphatic rings. The molecular weight excluding hydrogens is 350 g/mol. The van der Waals surface area contributed by atoms with Crippen molar-refractivity contribution < 1.29 is 28.7 Å². The Morgan fingerprint density at radius 2 is 1.89 bits per heavy atom. The van der Waals surface area contributed by atoms with Gasteiger partial charge in [0, 0.05) is 12.0 Å². The van der Waals surface area contributed by atoms with Crippen molar-refractivity contribution in [2.75, 3.05) is 27.6 Å². The zero-order valence-electron chi connectivity index (χ0n) is 15.2. The van der Waals surface area contributed by atoms with Crippen molar-refractivity contribution in [3.8, 4) is 23.0 Å². The lowest BCUT2D eigenvalue weighted by atomic mass is 9.81. The number of hydroxylamine groups is 3. The van der Waals surface area contributed by atoms with E-state index in [0.717, 1.165) is 16.7 Å². The predicted molar refractivity (Wildman–Crippen MR) is 95.7 cm³/mol. The molecule has 0 aromatic heterocycles. The highest BCUT2D eigenvalue weighted by atomic mass is 16.7. The summed E-state index contributed by atoms with van der Waals surface area (Å²) in [6.07, 6.45) is -0.314. The molecule has 0 saturated carbocycles. The number of nitrogens with zero attached hydrogens (tertiary/aromatic N) is 1. The van der Waals surface area contributed by atoms with Crippen LogP contribution in [0.2, 0.25) is 0 Å². The average molecular weight is 371 g/mol. The predicted octanol–water partition coefficient (Wildman–Crippen LogP) is 2.59. The number of benzene rings is 2. The number of aliphatic hydroxyl groups is 1. The van der Waals surface area contributed by atoms with E-state index in [0.29, 0.717) is 41.5 Å². The smallest absolute Gasteiger partial charge is 0.231 e. The van der Waals surface area contributed by atoms with Crippen LogP contribution in [-0.2, 0) is 13.0 Å². The van der Waals surface area contributed by atoms with Crippen molar-refractivity contribution in [3.63, 3.8) is 0 Å². The fraction of sp³-hybridized carbons (Fsp3) is 0.400. The first-order chi connectivity index (χ1) is 13.1. The maximum absolute atomic E-state index is 13.8. The average Bonchev–Trinajstić information content (AvgIpc) is 3.12.